The van der Waals surface area contributed by atoms with Crippen molar-refractivity contribution in [3.63, 3.8) is 0 Å². The van der Waals surface area contributed by atoms with E-state index in [2.05, 4.69) is 44.7 Å². The summed E-state index contributed by atoms with van der Waals surface area (Å²) < 4.78 is 0. The summed E-state index contributed by atoms with van der Waals surface area (Å²) in [6.45, 7) is 12.4. The highest BCUT2D eigenvalue weighted by Gasteiger charge is 2.13. The second-order valence-corrected chi connectivity index (χ2v) is 6.29. The fourth-order valence-corrected chi connectivity index (χ4v) is 2.00. The molecular weight excluding hydrogens is 220 g/mol. The van der Waals surface area contributed by atoms with Gasteiger partial charge in [-0.1, -0.05) is 45.9 Å². The van der Waals surface area contributed by atoms with Crippen LogP contribution in [0.3, 0.4) is 0 Å². The highest BCUT2D eigenvalue weighted by atomic mass is 15.1. The smallest absolute Gasteiger partial charge is 0.0359 e. The van der Waals surface area contributed by atoms with Crippen LogP contribution in [0, 0.1) is 5.41 Å². The van der Waals surface area contributed by atoms with Crippen molar-refractivity contribution in [2.75, 3.05) is 18.8 Å². The van der Waals surface area contributed by atoms with E-state index in [1.807, 2.05) is 12.1 Å². The Morgan fingerprint density at radius 3 is 2.33 bits per heavy atom. The van der Waals surface area contributed by atoms with Crippen molar-refractivity contribution in [1.82, 2.24) is 4.90 Å². The van der Waals surface area contributed by atoms with Gasteiger partial charge in [0.15, 0.2) is 0 Å². The molecule has 0 aliphatic heterocycles. The molecule has 0 fully saturated rings. The number of nitrogens with two attached hydrogens (primary N) is 1. The summed E-state index contributed by atoms with van der Waals surface area (Å²) in [6, 6.07) is 8.19. The van der Waals surface area contributed by atoms with E-state index in [-0.39, 0.29) is 0 Å². The zero-order valence-electron chi connectivity index (χ0n) is 12.4. The first kappa shape index (κ1) is 15.0. The highest BCUT2D eigenvalue weighted by Crippen LogP contribution is 2.20. The summed E-state index contributed by atoms with van der Waals surface area (Å²) in [6.07, 6.45) is 2.41. The molecule has 102 valence electrons. The predicted molar refractivity (Wildman–Crippen MR) is 80.5 cm³/mol. The van der Waals surface area contributed by atoms with Crippen LogP contribution in [0.2, 0.25) is 0 Å². The van der Waals surface area contributed by atoms with Crippen molar-refractivity contribution in [3.05, 3.63) is 29.8 Å². The molecule has 2 heteroatoms. The van der Waals surface area contributed by atoms with E-state index in [9.17, 15) is 0 Å². The summed E-state index contributed by atoms with van der Waals surface area (Å²) in [4.78, 5) is 2.51. The number of anilines is 1. The molecule has 0 spiro atoms. The molecule has 0 atom stereocenters. The first-order valence-corrected chi connectivity index (χ1v) is 6.98. The summed E-state index contributed by atoms with van der Waals surface area (Å²) in [7, 11) is 0. The Balaban J connectivity index is 2.60. The van der Waals surface area contributed by atoms with E-state index in [4.69, 9.17) is 5.73 Å². The highest BCUT2D eigenvalue weighted by molar-refractivity contribution is 5.46. The maximum Gasteiger partial charge on any atom is 0.0359 e. The molecule has 18 heavy (non-hydrogen) atoms. The first-order valence-electron chi connectivity index (χ1n) is 6.98. The van der Waals surface area contributed by atoms with Crippen LogP contribution in [0.25, 0.3) is 0 Å². The first-order chi connectivity index (χ1) is 8.42. The van der Waals surface area contributed by atoms with Crippen LogP contribution in [0.5, 0.6) is 0 Å². The lowest BCUT2D eigenvalue weighted by Crippen LogP contribution is -2.28. The van der Waals surface area contributed by atoms with Crippen molar-refractivity contribution < 1.29 is 0 Å². The fraction of sp³-hybridized carbons (Fsp3) is 0.625. The molecule has 0 aliphatic rings. The van der Waals surface area contributed by atoms with Crippen molar-refractivity contribution in [3.8, 4) is 0 Å². The second-order valence-electron chi connectivity index (χ2n) is 6.29. The van der Waals surface area contributed by atoms with Crippen LogP contribution in [0.1, 0.15) is 46.1 Å². The molecule has 2 nitrogen and oxygen atoms in total. The van der Waals surface area contributed by atoms with Crippen LogP contribution in [-0.4, -0.2) is 18.0 Å². The summed E-state index contributed by atoms with van der Waals surface area (Å²) in [5.41, 5.74) is 8.58. The molecule has 1 aromatic carbocycles. The topological polar surface area (TPSA) is 29.3 Å². The Labute approximate surface area is 112 Å². The largest absolute Gasteiger partial charge is 0.398 e. The molecule has 0 aromatic heterocycles. The normalized spacial score (nSPS) is 12.1. The van der Waals surface area contributed by atoms with E-state index in [0.29, 0.717) is 5.41 Å². The van der Waals surface area contributed by atoms with Crippen molar-refractivity contribution >= 4 is 5.69 Å². The fourth-order valence-electron chi connectivity index (χ4n) is 2.00. The minimum atomic E-state index is 0.397. The minimum absolute atomic E-state index is 0.397. The lowest BCUT2D eigenvalue weighted by atomic mass is 9.92. The lowest BCUT2D eigenvalue weighted by molar-refractivity contribution is 0.221. The van der Waals surface area contributed by atoms with Gasteiger partial charge in [0.25, 0.3) is 0 Å². The molecule has 0 saturated carbocycles. The predicted octanol–water partition coefficient (Wildman–Crippen LogP) is 3.92. The number of hydrogen-bond acceptors (Lipinski definition) is 2. The number of hydrogen-bond donors (Lipinski definition) is 1. The maximum absolute atomic E-state index is 6.02. The van der Waals surface area contributed by atoms with Crippen LogP contribution in [-0.2, 0) is 6.54 Å². The van der Waals surface area contributed by atoms with Crippen molar-refractivity contribution in [2.45, 2.75) is 47.1 Å². The summed E-state index contributed by atoms with van der Waals surface area (Å²) >= 11 is 0. The lowest BCUT2D eigenvalue weighted by Gasteiger charge is -2.27. The molecule has 0 saturated heterocycles. The Morgan fingerprint density at radius 2 is 1.78 bits per heavy atom. The van der Waals surface area contributed by atoms with Gasteiger partial charge in [-0.2, -0.15) is 0 Å². The van der Waals surface area contributed by atoms with Crippen LogP contribution in [0.15, 0.2) is 24.3 Å². The summed E-state index contributed by atoms with van der Waals surface area (Å²) in [5, 5.41) is 0. The Kier molecular flexibility index (Phi) is 5.67. The minimum Gasteiger partial charge on any atom is -0.398 e. The average Bonchev–Trinajstić information content (AvgIpc) is 2.28. The molecule has 1 aromatic rings. The number of nitrogen functional groups attached to an aromatic ring is 1. The molecule has 0 amide bonds. The summed E-state index contributed by atoms with van der Waals surface area (Å²) in [5.74, 6) is 0. The molecule has 0 radical (unpaired) electrons. The third-order valence-corrected chi connectivity index (χ3v) is 3.17. The third kappa shape index (κ3) is 5.54. The van der Waals surface area contributed by atoms with Crippen LogP contribution < -0.4 is 5.73 Å². The van der Waals surface area contributed by atoms with E-state index in [1.54, 1.807) is 0 Å². The molecule has 2 N–H and O–H groups in total. The standard InChI is InChI=1S/C16H28N2/c1-5-11-18(12-10-16(2,3)4)13-14-8-6-7-9-15(14)17/h6-9H,5,10-13,17H2,1-4H3. The molecule has 1 rings (SSSR count). The Hall–Kier alpha value is -1.02. The van der Waals surface area contributed by atoms with Gasteiger partial charge in [-0.25, -0.2) is 0 Å². The van der Waals surface area contributed by atoms with Gasteiger partial charge < -0.3 is 5.73 Å². The van der Waals surface area contributed by atoms with E-state index in [1.165, 1.54) is 18.4 Å². The molecule has 0 heterocycles. The Morgan fingerprint density at radius 1 is 1.11 bits per heavy atom. The molecular formula is C16H28N2. The number of benzene rings is 1. The van der Waals surface area contributed by atoms with E-state index < -0.39 is 0 Å². The van der Waals surface area contributed by atoms with Crippen LogP contribution in [0.4, 0.5) is 5.69 Å². The second kappa shape index (κ2) is 6.79. The third-order valence-electron chi connectivity index (χ3n) is 3.17. The van der Waals surface area contributed by atoms with Gasteiger partial charge in [0, 0.05) is 12.2 Å². The number of para-hydroxylation sites is 1. The van der Waals surface area contributed by atoms with Crippen molar-refractivity contribution in [2.24, 2.45) is 5.41 Å². The molecule has 0 unspecified atom stereocenters. The maximum atomic E-state index is 6.02. The average molecular weight is 248 g/mol. The SMILES string of the molecule is CCCN(CCC(C)(C)C)Cc1ccccc1N. The van der Waals surface area contributed by atoms with Crippen LogP contribution >= 0.6 is 0 Å². The van der Waals surface area contributed by atoms with Gasteiger partial charge >= 0.3 is 0 Å². The molecule has 0 aliphatic carbocycles. The van der Waals surface area contributed by atoms with Gasteiger partial charge in [0.1, 0.15) is 0 Å². The van der Waals surface area contributed by atoms with E-state index >= 15 is 0 Å². The zero-order valence-corrected chi connectivity index (χ0v) is 12.4. The molecule has 0 bridgehead atoms. The number of rotatable bonds is 6. The van der Waals surface area contributed by atoms with Gasteiger partial charge in [-0.15, -0.1) is 0 Å². The quantitative estimate of drug-likeness (QED) is 0.773. The van der Waals surface area contributed by atoms with Gasteiger partial charge in [0.2, 0.25) is 0 Å². The van der Waals surface area contributed by atoms with Gasteiger partial charge in [0.05, 0.1) is 0 Å². The Bertz CT molecular complexity index is 352. The van der Waals surface area contributed by atoms with E-state index in [0.717, 1.165) is 25.3 Å². The van der Waals surface area contributed by atoms with Gasteiger partial charge in [-0.3, -0.25) is 4.90 Å². The van der Waals surface area contributed by atoms with Gasteiger partial charge in [-0.05, 0) is 43.0 Å². The zero-order chi connectivity index (χ0) is 13.6. The monoisotopic (exact) mass is 248 g/mol. The number of nitrogens with zero attached hydrogens (tertiary/aromatic N) is 1. The van der Waals surface area contributed by atoms with Crippen molar-refractivity contribution in [1.29, 1.82) is 0 Å².